The van der Waals surface area contributed by atoms with Gasteiger partial charge in [-0.2, -0.15) is 0 Å². The minimum Gasteiger partial charge on any atom is -0.508 e. The highest BCUT2D eigenvalue weighted by Gasteiger charge is 2.49. The van der Waals surface area contributed by atoms with Gasteiger partial charge in [0.1, 0.15) is 59.6 Å². The maximum absolute atomic E-state index is 13.0. The van der Waals surface area contributed by atoms with Gasteiger partial charge in [0.2, 0.25) is 6.29 Å². The van der Waals surface area contributed by atoms with Crippen LogP contribution in [0.25, 0.3) is 0 Å². The minimum atomic E-state index is -2.06. The van der Waals surface area contributed by atoms with Gasteiger partial charge in [-0.3, -0.25) is 4.79 Å². The van der Waals surface area contributed by atoms with E-state index in [-0.39, 0.29) is 29.2 Å². The van der Waals surface area contributed by atoms with Gasteiger partial charge in [-0.25, -0.2) is 9.59 Å². The predicted octanol–water partition coefficient (Wildman–Crippen LogP) is 1.95. The Morgan fingerprint density at radius 1 is 0.717 bits per heavy atom. The Labute approximate surface area is 297 Å². The van der Waals surface area contributed by atoms with Gasteiger partial charge >= 0.3 is 11.9 Å². The fraction of sp³-hybridized carbons (Fsp3) is 0.229. The summed E-state index contributed by atoms with van der Waals surface area (Å²) in [5, 5.41) is 101. The lowest BCUT2D eigenvalue weighted by atomic mass is 9.95. The molecule has 0 saturated carbocycles. The van der Waals surface area contributed by atoms with E-state index in [9.17, 15) is 65.4 Å². The lowest BCUT2D eigenvalue weighted by Gasteiger charge is -2.41. The second-order valence-corrected chi connectivity index (χ2v) is 12.0. The van der Waals surface area contributed by atoms with Crippen molar-refractivity contribution in [1.29, 1.82) is 0 Å². The van der Waals surface area contributed by atoms with Crippen molar-refractivity contribution in [3.8, 4) is 57.5 Å². The van der Waals surface area contributed by atoms with Crippen molar-refractivity contribution in [2.75, 3.05) is 6.61 Å². The summed E-state index contributed by atoms with van der Waals surface area (Å²) >= 11 is 0. The second kappa shape index (κ2) is 14.2. The quantitative estimate of drug-likeness (QED) is 0.0912. The molecule has 0 bridgehead atoms. The molecule has 1 fully saturated rings. The molecule has 278 valence electrons. The van der Waals surface area contributed by atoms with Crippen molar-refractivity contribution >= 4 is 17.7 Å². The number of ketones is 1. The number of aliphatic hydroxyl groups is 2. The van der Waals surface area contributed by atoms with Crippen LogP contribution in [-0.4, -0.2) is 106 Å². The van der Waals surface area contributed by atoms with Crippen LogP contribution in [0.3, 0.4) is 0 Å². The number of aliphatic hydroxyl groups excluding tert-OH is 2. The first kappa shape index (κ1) is 36.2. The Kier molecular flexibility index (Phi) is 9.68. The lowest BCUT2D eigenvalue weighted by molar-refractivity contribution is -0.276. The maximum Gasteiger partial charge on any atom is 0.338 e. The average Bonchev–Trinajstić information content (AvgIpc) is 3.11. The van der Waals surface area contributed by atoms with E-state index < -0.39 is 113 Å². The van der Waals surface area contributed by atoms with Crippen LogP contribution < -0.4 is 9.47 Å². The molecule has 0 amide bonds. The molecule has 10 N–H and O–H groups in total. The predicted molar refractivity (Wildman–Crippen MR) is 172 cm³/mol. The Balaban J connectivity index is 1.26. The highest BCUT2D eigenvalue weighted by atomic mass is 16.7. The third-order valence-electron chi connectivity index (χ3n) is 8.36. The van der Waals surface area contributed by atoms with Crippen molar-refractivity contribution in [3.05, 3.63) is 82.9 Å². The molecule has 2 heterocycles. The monoisotopic (exact) mass is 738 g/mol. The molecule has 0 aliphatic carbocycles. The number of phenols is 8. The number of aromatic hydroxyl groups is 8. The van der Waals surface area contributed by atoms with E-state index in [1.807, 2.05) is 0 Å². The molecule has 53 heavy (non-hydrogen) atoms. The summed E-state index contributed by atoms with van der Waals surface area (Å²) in [4.78, 5) is 38.8. The molecule has 6 atom stereocenters. The van der Waals surface area contributed by atoms with Crippen LogP contribution in [0, 0.1) is 0 Å². The van der Waals surface area contributed by atoms with Gasteiger partial charge in [0.15, 0.2) is 46.4 Å². The summed E-state index contributed by atoms with van der Waals surface area (Å²) in [6.45, 7) is -0.865. The van der Waals surface area contributed by atoms with Crippen molar-refractivity contribution in [1.82, 2.24) is 0 Å². The van der Waals surface area contributed by atoms with E-state index in [1.54, 1.807) is 12.1 Å². The van der Waals surface area contributed by atoms with Crippen LogP contribution >= 0.6 is 0 Å². The first-order chi connectivity index (χ1) is 25.1. The van der Waals surface area contributed by atoms with Crippen molar-refractivity contribution in [2.24, 2.45) is 0 Å². The zero-order chi connectivity index (χ0) is 38.3. The highest BCUT2D eigenvalue weighted by Crippen LogP contribution is 2.43. The molecular formula is C35H30O18. The van der Waals surface area contributed by atoms with Crippen molar-refractivity contribution in [2.45, 2.75) is 43.2 Å². The molecular weight excluding hydrogens is 708 g/mol. The van der Waals surface area contributed by atoms with Crippen LogP contribution in [0.4, 0.5) is 0 Å². The zero-order valence-corrected chi connectivity index (χ0v) is 26.9. The van der Waals surface area contributed by atoms with Crippen LogP contribution in [0.2, 0.25) is 0 Å². The van der Waals surface area contributed by atoms with Crippen LogP contribution in [-0.2, 0) is 14.2 Å². The Hall–Kier alpha value is -6.63. The van der Waals surface area contributed by atoms with Gasteiger partial charge in [-0.1, -0.05) is 12.1 Å². The first-order valence-corrected chi connectivity index (χ1v) is 15.5. The molecule has 0 radical (unpaired) electrons. The highest BCUT2D eigenvalue weighted by molar-refractivity contribution is 6.02. The molecule has 2 aliphatic heterocycles. The van der Waals surface area contributed by atoms with Gasteiger partial charge in [0, 0.05) is 12.1 Å². The van der Waals surface area contributed by atoms with E-state index in [0.717, 1.165) is 30.3 Å². The van der Waals surface area contributed by atoms with E-state index in [4.69, 9.17) is 23.7 Å². The molecule has 4 aromatic carbocycles. The molecule has 2 aliphatic rings. The van der Waals surface area contributed by atoms with Gasteiger partial charge in [-0.05, 0) is 42.0 Å². The number of phenolic OH excluding ortho intramolecular Hbond substituents is 8. The number of rotatable bonds is 8. The SMILES string of the molecule is O=C(OCC1OC(Oc2cc(O)c3c(c2)OC(c2ccc(O)cc2)CC3=O)C(O)C(O)C1OC(=O)c1cc(O)c(O)c(O)c1)c1cc(O)c(O)c(O)c1. The van der Waals surface area contributed by atoms with Crippen LogP contribution in [0.1, 0.15) is 49.2 Å². The van der Waals surface area contributed by atoms with Crippen molar-refractivity contribution < 1.29 is 89.1 Å². The summed E-state index contributed by atoms with van der Waals surface area (Å²) in [5.41, 5.74) is -0.592. The molecule has 6 unspecified atom stereocenters. The van der Waals surface area contributed by atoms with E-state index in [2.05, 4.69) is 0 Å². The smallest absolute Gasteiger partial charge is 0.338 e. The Bertz CT molecular complexity index is 2030. The Morgan fingerprint density at radius 3 is 1.87 bits per heavy atom. The average molecular weight is 739 g/mol. The molecule has 1 saturated heterocycles. The number of carbonyl (C=O) groups excluding carboxylic acids is 3. The third-order valence-corrected chi connectivity index (χ3v) is 8.36. The van der Waals surface area contributed by atoms with Crippen LogP contribution in [0.5, 0.6) is 57.5 Å². The van der Waals surface area contributed by atoms with Crippen molar-refractivity contribution in [3.63, 3.8) is 0 Å². The molecule has 0 aromatic heterocycles. The normalized spacial score (nSPS) is 22.3. The number of benzene rings is 4. The number of hydrogen-bond donors (Lipinski definition) is 10. The van der Waals surface area contributed by atoms with E-state index >= 15 is 0 Å². The summed E-state index contributed by atoms with van der Waals surface area (Å²) in [6, 6.07) is 11.1. The summed E-state index contributed by atoms with van der Waals surface area (Å²) in [5.74, 6) is -9.30. The lowest BCUT2D eigenvalue weighted by Crippen LogP contribution is -2.61. The second-order valence-electron chi connectivity index (χ2n) is 12.0. The van der Waals surface area contributed by atoms with Gasteiger partial charge in [0.25, 0.3) is 0 Å². The van der Waals surface area contributed by atoms with Gasteiger partial charge < -0.3 is 74.7 Å². The molecule has 0 spiro atoms. The summed E-state index contributed by atoms with van der Waals surface area (Å²) in [6.07, 6.45) is -10.4. The first-order valence-electron chi connectivity index (χ1n) is 15.5. The molecule has 4 aromatic rings. The minimum absolute atomic E-state index is 0.0131. The number of carbonyl (C=O) groups is 3. The number of hydrogen-bond acceptors (Lipinski definition) is 18. The number of fused-ring (bicyclic) bond motifs is 1. The fourth-order valence-electron chi connectivity index (χ4n) is 5.65. The molecule has 6 rings (SSSR count). The number of esters is 2. The largest absolute Gasteiger partial charge is 0.508 e. The number of Topliss-reactive ketones (excluding diaryl/α,β-unsaturated/α-hetero) is 1. The van der Waals surface area contributed by atoms with Gasteiger partial charge in [-0.15, -0.1) is 0 Å². The number of ether oxygens (including phenoxy) is 5. The standard InChI is InChI=1S/C35H30O18/c36-16-3-1-13(2-4-16)24-11-19(38)27-18(37)9-17(10-25(27)51-24)50-35-31(46)30(45)32(53-34(48)15-7-22(41)29(44)23(42)8-15)26(52-35)12-49-33(47)14-5-20(39)28(43)21(40)6-14/h1-10,24,26,30-32,35-37,39-46H,11-12H2. The Morgan fingerprint density at radius 2 is 1.28 bits per heavy atom. The topological polar surface area (TPSA) is 300 Å². The van der Waals surface area contributed by atoms with Crippen LogP contribution in [0.15, 0.2) is 60.7 Å². The molecule has 18 heteroatoms. The fourth-order valence-corrected chi connectivity index (χ4v) is 5.65. The maximum atomic E-state index is 13.0. The van der Waals surface area contributed by atoms with E-state index in [0.29, 0.717) is 5.56 Å². The van der Waals surface area contributed by atoms with Gasteiger partial charge in [0.05, 0.1) is 17.5 Å². The van der Waals surface area contributed by atoms with E-state index in [1.165, 1.54) is 18.2 Å². The molecule has 18 nitrogen and oxygen atoms in total. The summed E-state index contributed by atoms with van der Waals surface area (Å²) in [7, 11) is 0. The third kappa shape index (κ3) is 7.27. The summed E-state index contributed by atoms with van der Waals surface area (Å²) < 4.78 is 28.0. The zero-order valence-electron chi connectivity index (χ0n) is 26.9.